The molecule has 0 atom stereocenters. The van der Waals surface area contributed by atoms with Crippen molar-refractivity contribution in [2.75, 3.05) is 26.0 Å². The van der Waals surface area contributed by atoms with Crippen LogP contribution in [0.25, 0.3) is 0 Å². The predicted molar refractivity (Wildman–Crippen MR) is 70.2 cm³/mol. The van der Waals surface area contributed by atoms with Gasteiger partial charge in [0.2, 0.25) is 0 Å². The van der Waals surface area contributed by atoms with Crippen molar-refractivity contribution in [3.63, 3.8) is 0 Å². The van der Waals surface area contributed by atoms with Gasteiger partial charge < -0.3 is 10.1 Å². The van der Waals surface area contributed by atoms with Crippen LogP contribution in [0.4, 0.5) is 5.69 Å². The molecule has 1 N–H and O–H groups in total. The fourth-order valence-corrected chi connectivity index (χ4v) is 2.04. The Morgan fingerprint density at radius 3 is 2.63 bits per heavy atom. The summed E-state index contributed by atoms with van der Waals surface area (Å²) in [6.07, 6.45) is 0.998. The summed E-state index contributed by atoms with van der Waals surface area (Å²) in [5, 5.41) is 13.9. The lowest BCUT2D eigenvalue weighted by Crippen LogP contribution is -2.20. The summed E-state index contributed by atoms with van der Waals surface area (Å²) >= 11 is 0. The maximum absolute atomic E-state index is 11.3. The standard InChI is InChI=1S/C11H16N2O5S/c1-3-12-6-7-18-11-5-4-9(19(2,16)17)8-10(11)13(14)15/h4-5,8,12H,3,6-7H2,1-2H3. The Bertz CT molecular complexity index is 556. The first-order chi connectivity index (χ1) is 8.86. The summed E-state index contributed by atoms with van der Waals surface area (Å²) in [7, 11) is -3.48. The van der Waals surface area contributed by atoms with Crippen LogP contribution < -0.4 is 10.1 Å². The van der Waals surface area contributed by atoms with Gasteiger partial charge in [-0.1, -0.05) is 6.92 Å². The largest absolute Gasteiger partial charge is 0.485 e. The van der Waals surface area contributed by atoms with Gasteiger partial charge in [-0.05, 0) is 18.7 Å². The monoisotopic (exact) mass is 288 g/mol. The van der Waals surface area contributed by atoms with E-state index in [2.05, 4.69) is 5.32 Å². The molecule has 0 aliphatic carbocycles. The fraction of sp³-hybridized carbons (Fsp3) is 0.455. The summed E-state index contributed by atoms with van der Waals surface area (Å²) in [6, 6.07) is 3.61. The number of sulfone groups is 1. The first kappa shape index (κ1) is 15.4. The number of hydrogen-bond acceptors (Lipinski definition) is 6. The topological polar surface area (TPSA) is 98.5 Å². The first-order valence-corrected chi connectivity index (χ1v) is 7.57. The molecule has 0 bridgehead atoms. The minimum atomic E-state index is -3.48. The smallest absolute Gasteiger partial charge is 0.312 e. The Balaban J connectivity index is 2.96. The number of nitrogens with zero attached hydrogens (tertiary/aromatic N) is 1. The third-order valence-corrected chi connectivity index (χ3v) is 3.45. The van der Waals surface area contributed by atoms with Crippen molar-refractivity contribution in [2.45, 2.75) is 11.8 Å². The van der Waals surface area contributed by atoms with Crippen molar-refractivity contribution in [3.05, 3.63) is 28.3 Å². The Morgan fingerprint density at radius 1 is 1.42 bits per heavy atom. The molecule has 0 aliphatic heterocycles. The Hall–Kier alpha value is -1.67. The number of nitrogens with one attached hydrogen (secondary N) is 1. The molecule has 0 saturated carbocycles. The lowest BCUT2D eigenvalue weighted by Gasteiger charge is -2.08. The second-order valence-corrected chi connectivity index (χ2v) is 5.88. The van der Waals surface area contributed by atoms with E-state index in [9.17, 15) is 18.5 Å². The molecule has 0 fully saturated rings. The third-order valence-electron chi connectivity index (χ3n) is 2.34. The Morgan fingerprint density at radius 2 is 2.11 bits per heavy atom. The lowest BCUT2D eigenvalue weighted by molar-refractivity contribution is -0.386. The molecule has 7 nitrogen and oxygen atoms in total. The van der Waals surface area contributed by atoms with Gasteiger partial charge in [-0.3, -0.25) is 10.1 Å². The van der Waals surface area contributed by atoms with Crippen molar-refractivity contribution in [3.8, 4) is 5.75 Å². The lowest BCUT2D eigenvalue weighted by atomic mass is 10.3. The number of ether oxygens (including phenoxy) is 1. The van der Waals surface area contributed by atoms with E-state index in [0.29, 0.717) is 6.54 Å². The number of likely N-dealkylation sites (N-methyl/N-ethyl adjacent to an activating group) is 1. The zero-order valence-electron chi connectivity index (χ0n) is 10.8. The number of nitro benzene ring substituents is 1. The second kappa shape index (κ2) is 6.48. The molecule has 0 saturated heterocycles. The molecule has 1 rings (SSSR count). The van der Waals surface area contributed by atoms with E-state index in [1.165, 1.54) is 12.1 Å². The molecule has 106 valence electrons. The number of hydrogen-bond donors (Lipinski definition) is 1. The molecule has 0 spiro atoms. The van der Waals surface area contributed by atoms with Gasteiger partial charge in [0.1, 0.15) is 6.61 Å². The van der Waals surface area contributed by atoms with Crippen LogP contribution >= 0.6 is 0 Å². The number of rotatable bonds is 7. The van der Waals surface area contributed by atoms with Gasteiger partial charge in [0.05, 0.1) is 9.82 Å². The molecule has 0 unspecified atom stereocenters. The van der Waals surface area contributed by atoms with Gasteiger partial charge in [0.25, 0.3) is 0 Å². The highest BCUT2D eigenvalue weighted by atomic mass is 32.2. The third kappa shape index (κ3) is 4.49. The molecule has 19 heavy (non-hydrogen) atoms. The minimum Gasteiger partial charge on any atom is -0.485 e. The minimum absolute atomic E-state index is 0.0651. The van der Waals surface area contributed by atoms with Crippen molar-refractivity contribution in [1.29, 1.82) is 0 Å². The summed E-state index contributed by atoms with van der Waals surface area (Å²) < 4.78 is 28.0. The quantitative estimate of drug-likeness (QED) is 0.456. The molecule has 1 aromatic rings. The van der Waals surface area contributed by atoms with E-state index in [1.807, 2.05) is 6.92 Å². The summed E-state index contributed by atoms with van der Waals surface area (Å²) in [5.41, 5.74) is -0.348. The van der Waals surface area contributed by atoms with Crippen LogP contribution in [-0.4, -0.2) is 39.3 Å². The van der Waals surface area contributed by atoms with E-state index < -0.39 is 14.8 Å². The molecular weight excluding hydrogens is 272 g/mol. The SMILES string of the molecule is CCNCCOc1ccc(S(C)(=O)=O)cc1[N+](=O)[O-]. The molecule has 0 radical (unpaired) electrons. The van der Waals surface area contributed by atoms with Crippen LogP contribution in [0.1, 0.15) is 6.92 Å². The van der Waals surface area contributed by atoms with Gasteiger partial charge >= 0.3 is 5.69 Å². The average molecular weight is 288 g/mol. The van der Waals surface area contributed by atoms with Crippen LogP contribution in [0.3, 0.4) is 0 Å². The summed E-state index contributed by atoms with van der Waals surface area (Å²) in [6.45, 7) is 3.54. The van der Waals surface area contributed by atoms with Crippen LogP contribution in [0, 0.1) is 10.1 Å². The molecule has 0 aliphatic rings. The van der Waals surface area contributed by atoms with E-state index >= 15 is 0 Å². The van der Waals surface area contributed by atoms with Crippen molar-refractivity contribution in [1.82, 2.24) is 5.32 Å². The van der Waals surface area contributed by atoms with Gasteiger partial charge in [-0.15, -0.1) is 0 Å². The molecule has 1 aromatic carbocycles. The molecule has 8 heteroatoms. The highest BCUT2D eigenvalue weighted by Gasteiger charge is 2.19. The van der Waals surface area contributed by atoms with Gasteiger partial charge in [0, 0.05) is 18.9 Å². The van der Waals surface area contributed by atoms with E-state index in [1.54, 1.807) is 0 Å². The highest BCUT2D eigenvalue weighted by Crippen LogP contribution is 2.29. The highest BCUT2D eigenvalue weighted by molar-refractivity contribution is 7.90. The second-order valence-electron chi connectivity index (χ2n) is 3.86. The summed E-state index contributed by atoms with van der Waals surface area (Å²) in [4.78, 5) is 10.2. The molecule has 0 aromatic heterocycles. The number of benzene rings is 1. The fourth-order valence-electron chi connectivity index (χ4n) is 1.40. The van der Waals surface area contributed by atoms with Crippen LogP contribution in [0.5, 0.6) is 5.75 Å². The average Bonchev–Trinajstić information content (AvgIpc) is 2.33. The maximum Gasteiger partial charge on any atom is 0.312 e. The number of nitro groups is 1. The van der Waals surface area contributed by atoms with Gasteiger partial charge in [-0.2, -0.15) is 0 Å². The molecular formula is C11H16N2O5S. The van der Waals surface area contributed by atoms with Crippen molar-refractivity contribution in [2.24, 2.45) is 0 Å². The first-order valence-electron chi connectivity index (χ1n) is 5.68. The van der Waals surface area contributed by atoms with E-state index in [-0.39, 0.29) is 22.9 Å². The molecule has 0 heterocycles. The van der Waals surface area contributed by atoms with Crippen LogP contribution in [-0.2, 0) is 9.84 Å². The normalized spacial score (nSPS) is 11.3. The zero-order valence-corrected chi connectivity index (χ0v) is 11.6. The van der Waals surface area contributed by atoms with E-state index in [4.69, 9.17) is 4.74 Å². The maximum atomic E-state index is 11.3. The van der Waals surface area contributed by atoms with E-state index in [0.717, 1.165) is 18.9 Å². The molecule has 0 amide bonds. The Kier molecular flexibility index (Phi) is 5.25. The zero-order chi connectivity index (χ0) is 14.5. The van der Waals surface area contributed by atoms with Crippen molar-refractivity contribution < 1.29 is 18.1 Å². The van der Waals surface area contributed by atoms with Gasteiger partial charge in [-0.25, -0.2) is 8.42 Å². The predicted octanol–water partition coefficient (Wildman–Crippen LogP) is 0.987. The van der Waals surface area contributed by atoms with Crippen LogP contribution in [0.15, 0.2) is 23.1 Å². The van der Waals surface area contributed by atoms with Crippen LogP contribution in [0.2, 0.25) is 0 Å². The summed E-state index contributed by atoms with van der Waals surface area (Å²) in [5.74, 6) is 0.0651. The Labute approximate surface area is 111 Å². The van der Waals surface area contributed by atoms with Crippen molar-refractivity contribution >= 4 is 15.5 Å². The van der Waals surface area contributed by atoms with Gasteiger partial charge in [0.15, 0.2) is 15.6 Å².